The zero-order chi connectivity index (χ0) is 42.4. The Labute approximate surface area is 342 Å². The maximum absolute atomic E-state index is 14.6. The fourth-order valence-corrected chi connectivity index (χ4v) is 7.68. The van der Waals surface area contributed by atoms with Gasteiger partial charge in [-0.25, -0.2) is 42.5 Å². The Morgan fingerprint density at radius 1 is 0.418 bits per heavy atom. The van der Waals surface area contributed by atoms with Crippen molar-refractivity contribution >= 4 is 51.7 Å². The molecule has 0 heterocycles. The quantitative estimate of drug-likeness (QED) is 0.138. The molecule has 0 aliphatic carbocycles. The summed E-state index contributed by atoms with van der Waals surface area (Å²) < 4.78 is 360. The van der Waals surface area contributed by atoms with Crippen LogP contribution in [0.3, 0.4) is 0 Å². The molecule has 0 saturated heterocycles. The Hall–Kier alpha value is -0.750. The zero-order valence-corrected chi connectivity index (χ0v) is 33.5. The van der Waals surface area contributed by atoms with E-state index in [9.17, 15) is 122 Å². The predicted octanol–water partition coefficient (Wildman–Crippen LogP) is -0.326. The number of hydrogen-bond acceptors (Lipinski definition) is 11. The van der Waals surface area contributed by atoms with E-state index >= 15 is 0 Å². The van der Waals surface area contributed by atoms with Crippen molar-refractivity contribution in [2.24, 2.45) is 0 Å². The summed E-state index contributed by atoms with van der Waals surface area (Å²) in [5.41, 5.74) is 0. The molecule has 0 saturated carbocycles. The molecular formula is C20H6F18Na2O10S5. The fraction of sp³-hybridized carbons (Fsp3) is 0.400. The first kappa shape index (κ1) is 54.2. The summed E-state index contributed by atoms with van der Waals surface area (Å²) in [5.74, 6) is -37.5. The topological polar surface area (TPSA) is 183 Å². The largest absolute Gasteiger partial charge is 1.00 e. The molecule has 10 nitrogen and oxygen atoms in total. The van der Waals surface area contributed by atoms with Gasteiger partial charge in [0.15, 0.2) is 20.2 Å². The summed E-state index contributed by atoms with van der Waals surface area (Å²) in [6.07, 6.45) is 0. The smallest absolute Gasteiger partial charge is 0.743 e. The van der Waals surface area contributed by atoms with Gasteiger partial charge in [-0.3, -0.25) is 0 Å². The molecule has 304 valence electrons. The summed E-state index contributed by atoms with van der Waals surface area (Å²) in [5, 5.41) is -30.4. The second kappa shape index (κ2) is 15.7. The van der Waals surface area contributed by atoms with E-state index in [0.717, 1.165) is 0 Å². The second-order valence-corrected chi connectivity index (χ2v) is 17.5. The van der Waals surface area contributed by atoms with Crippen molar-refractivity contribution in [2.75, 3.05) is 0 Å². The van der Waals surface area contributed by atoms with Gasteiger partial charge in [0.2, 0.25) is 0 Å². The van der Waals surface area contributed by atoms with Crippen LogP contribution in [-0.4, -0.2) is 87.5 Å². The molecule has 0 aliphatic heterocycles. The van der Waals surface area contributed by atoms with E-state index < -0.39 is 128 Å². The predicted molar refractivity (Wildman–Crippen MR) is 130 cm³/mol. The summed E-state index contributed by atoms with van der Waals surface area (Å²) in [6.45, 7) is 0. The van der Waals surface area contributed by atoms with E-state index in [1.807, 2.05) is 0 Å². The molecule has 0 spiro atoms. The Morgan fingerprint density at radius 3 is 0.836 bits per heavy atom. The SMILES string of the molecule is O=S(=O)([O-])C(F)(F)C(F)(F)C(F)(F)C(F)(F)S(=O)(=O)c1ccc(Sc2ccc(S(=O)(=O)C(F)(F)C(F)(F)C(F)(F)C(F)(F)S(=O)(=O)[O-])c(F)c2)cc1F.[Na+].[Na+]. The van der Waals surface area contributed by atoms with Crippen LogP contribution in [0.15, 0.2) is 56.0 Å². The molecule has 2 aromatic rings. The van der Waals surface area contributed by atoms with Crippen LogP contribution in [0, 0.1) is 11.6 Å². The van der Waals surface area contributed by atoms with Gasteiger partial charge in [-0.15, -0.1) is 0 Å². The fourth-order valence-electron chi connectivity index (χ4n) is 3.32. The van der Waals surface area contributed by atoms with E-state index in [-0.39, 0.29) is 95.1 Å². The Kier molecular flexibility index (Phi) is 15.5. The van der Waals surface area contributed by atoms with Crippen molar-refractivity contribution in [2.45, 2.75) is 64.3 Å². The van der Waals surface area contributed by atoms with E-state index in [1.165, 1.54) is 0 Å². The van der Waals surface area contributed by atoms with Crippen LogP contribution in [-0.2, 0) is 39.9 Å². The van der Waals surface area contributed by atoms with Gasteiger partial charge in [0.25, 0.3) is 19.7 Å². The molecule has 0 aromatic heterocycles. The van der Waals surface area contributed by atoms with Crippen LogP contribution < -0.4 is 59.1 Å². The summed E-state index contributed by atoms with van der Waals surface area (Å²) in [6, 6.07) is -1.74. The number of alkyl halides is 16. The van der Waals surface area contributed by atoms with Crippen LogP contribution in [0.1, 0.15) is 0 Å². The number of benzene rings is 2. The molecule has 0 bridgehead atoms. The van der Waals surface area contributed by atoms with E-state index in [1.54, 1.807) is 0 Å². The summed E-state index contributed by atoms with van der Waals surface area (Å²) in [7, 11) is -31.2. The van der Waals surface area contributed by atoms with Crippen LogP contribution in [0.5, 0.6) is 0 Å². The standard InChI is InChI=1S/C20H8F18O10S5.2Na/c21-9-5-7(1-3-11(9)50(39,40)17(31,32)13(23,24)15(27,28)19(35,36)52(43,44)45)49-8-2-4-12(10(22)6-8)51(41,42)18(33,34)14(25,26)16(29,30)20(37,38)53(46,47)48;;/h1-6H,(H,43,44,45)(H,46,47,48);;/q;2*+1/p-2. The minimum absolute atomic E-state index is 0. The van der Waals surface area contributed by atoms with Gasteiger partial charge in [-0.2, -0.15) is 70.2 Å². The molecule has 0 aliphatic rings. The van der Waals surface area contributed by atoms with Crippen molar-refractivity contribution < 1.29 is 181 Å². The van der Waals surface area contributed by atoms with Gasteiger partial charge >= 0.3 is 104 Å². The van der Waals surface area contributed by atoms with Gasteiger partial charge in [-0.1, -0.05) is 11.8 Å². The molecule has 35 heteroatoms. The molecule has 0 N–H and O–H groups in total. The first-order valence-corrected chi connectivity index (χ1v) is 18.3. The van der Waals surface area contributed by atoms with Crippen LogP contribution >= 0.6 is 11.8 Å². The Morgan fingerprint density at radius 2 is 0.636 bits per heavy atom. The molecule has 2 rings (SSSR count). The molecule has 0 unspecified atom stereocenters. The third kappa shape index (κ3) is 8.12. The first-order chi connectivity index (χ1) is 23.0. The molecule has 0 amide bonds. The minimum Gasteiger partial charge on any atom is -0.743 e. The average molecular weight is 955 g/mol. The average Bonchev–Trinajstić information content (AvgIpc) is 2.94. The minimum atomic E-state index is -8.02. The van der Waals surface area contributed by atoms with Crippen LogP contribution in [0.2, 0.25) is 0 Å². The second-order valence-electron chi connectivity index (χ2n) is 9.57. The summed E-state index contributed by atoms with van der Waals surface area (Å²) >= 11 is -0.281. The maximum Gasteiger partial charge on any atom is 1.00 e. The number of rotatable bonds is 14. The monoisotopic (exact) mass is 954 g/mol. The third-order valence-electron chi connectivity index (χ3n) is 6.18. The van der Waals surface area contributed by atoms with Crippen LogP contribution in [0.25, 0.3) is 0 Å². The van der Waals surface area contributed by atoms with Crippen molar-refractivity contribution in [1.29, 1.82) is 0 Å². The van der Waals surface area contributed by atoms with Gasteiger partial charge < -0.3 is 9.11 Å². The van der Waals surface area contributed by atoms with Crippen LogP contribution in [0.4, 0.5) is 79.0 Å². The van der Waals surface area contributed by atoms with Crippen molar-refractivity contribution in [3.05, 3.63) is 48.0 Å². The van der Waals surface area contributed by atoms with Crippen molar-refractivity contribution in [1.82, 2.24) is 0 Å². The van der Waals surface area contributed by atoms with E-state index in [4.69, 9.17) is 0 Å². The van der Waals surface area contributed by atoms with Gasteiger partial charge in [0, 0.05) is 9.79 Å². The van der Waals surface area contributed by atoms with Crippen molar-refractivity contribution in [3.8, 4) is 0 Å². The van der Waals surface area contributed by atoms with E-state index in [2.05, 4.69) is 0 Å². The van der Waals surface area contributed by atoms with E-state index in [0.29, 0.717) is 0 Å². The maximum atomic E-state index is 14.6. The zero-order valence-electron chi connectivity index (χ0n) is 25.4. The third-order valence-corrected chi connectivity index (χ3v) is 12.6. The van der Waals surface area contributed by atoms with Gasteiger partial charge in [-0.05, 0) is 36.4 Å². The molecule has 0 atom stereocenters. The Balaban J connectivity index is 0.0000146. The Bertz CT molecular complexity index is 2100. The number of sulfone groups is 2. The first-order valence-electron chi connectivity index (χ1n) is 11.7. The molecular weight excluding hydrogens is 948 g/mol. The van der Waals surface area contributed by atoms with Gasteiger partial charge in [0.05, 0.1) is 0 Å². The summed E-state index contributed by atoms with van der Waals surface area (Å²) in [4.78, 5) is -7.51. The normalized spacial score (nSPS) is 14.9. The molecule has 0 radical (unpaired) electrons. The number of halogens is 18. The van der Waals surface area contributed by atoms with Gasteiger partial charge in [0.1, 0.15) is 21.4 Å². The number of hydrogen-bond donors (Lipinski definition) is 0. The van der Waals surface area contributed by atoms with Crippen molar-refractivity contribution in [3.63, 3.8) is 0 Å². The molecule has 0 fully saturated rings. The molecule has 2 aromatic carbocycles. The molecule has 55 heavy (non-hydrogen) atoms.